The van der Waals surface area contributed by atoms with E-state index in [-0.39, 0.29) is 0 Å². The molecule has 2 aromatic rings. The fourth-order valence-corrected chi connectivity index (χ4v) is 1.22. The van der Waals surface area contributed by atoms with Crippen LogP contribution in [0.1, 0.15) is 5.82 Å². The zero-order valence-electron chi connectivity index (χ0n) is 8.50. The largest absolute Gasteiger partial charge is 0.349 e. The first kappa shape index (κ1) is 10.3. The lowest BCUT2D eigenvalue weighted by Crippen LogP contribution is -2.22. The van der Waals surface area contributed by atoms with E-state index in [2.05, 4.69) is 27.8 Å². The van der Waals surface area contributed by atoms with Crippen molar-refractivity contribution >= 4 is 11.7 Å². The number of hydrogen-bond acceptors (Lipinski definition) is 4. The first-order chi connectivity index (χ1) is 7.81. The minimum absolute atomic E-state index is 0.356. The number of carbonyl (C=O) groups excluding carboxylic acids is 1. The van der Waals surface area contributed by atoms with Gasteiger partial charge >= 0.3 is 6.03 Å². The second-order valence-corrected chi connectivity index (χ2v) is 3.05. The Morgan fingerprint density at radius 1 is 1.38 bits per heavy atom. The summed E-state index contributed by atoms with van der Waals surface area (Å²) in [4.78, 5) is 11.7. The van der Waals surface area contributed by atoms with E-state index in [1.54, 1.807) is 12.1 Å². The Balaban J connectivity index is 2.15. The van der Waals surface area contributed by atoms with Gasteiger partial charge in [-0.1, -0.05) is 18.2 Å². The van der Waals surface area contributed by atoms with E-state index in [0.29, 0.717) is 17.9 Å². The second kappa shape index (κ2) is 4.52. The standard InChI is InChI=1S/C10H10N5O/c1-2-9-12-13-14-15(9)10(16)11-8-6-4-3-5-7-8/h3-7H,1-2H2,(H,11,16). The van der Waals surface area contributed by atoms with Gasteiger partial charge in [0.05, 0.1) is 0 Å². The minimum atomic E-state index is -0.394. The molecule has 0 atom stereocenters. The molecule has 1 aromatic heterocycles. The molecule has 0 spiro atoms. The van der Waals surface area contributed by atoms with Crippen molar-refractivity contribution in [1.82, 2.24) is 20.2 Å². The first-order valence-corrected chi connectivity index (χ1v) is 4.74. The Hall–Kier alpha value is -2.24. The van der Waals surface area contributed by atoms with Crippen molar-refractivity contribution in [2.24, 2.45) is 0 Å². The predicted molar refractivity (Wildman–Crippen MR) is 57.7 cm³/mol. The maximum absolute atomic E-state index is 11.7. The van der Waals surface area contributed by atoms with Crippen LogP contribution in [0, 0.1) is 6.92 Å². The van der Waals surface area contributed by atoms with Crippen molar-refractivity contribution in [3.8, 4) is 0 Å². The summed E-state index contributed by atoms with van der Waals surface area (Å²) in [7, 11) is 0. The number of rotatable bonds is 2. The third kappa shape index (κ3) is 2.05. The van der Waals surface area contributed by atoms with Gasteiger partial charge in [-0.3, -0.25) is 0 Å². The summed E-state index contributed by atoms with van der Waals surface area (Å²) >= 11 is 0. The van der Waals surface area contributed by atoms with Gasteiger partial charge in [-0.15, -0.1) is 9.78 Å². The molecule has 0 aliphatic rings. The Morgan fingerprint density at radius 2 is 2.12 bits per heavy atom. The van der Waals surface area contributed by atoms with Crippen LogP contribution in [0.4, 0.5) is 10.5 Å². The maximum atomic E-state index is 11.7. The summed E-state index contributed by atoms with van der Waals surface area (Å²) in [6.45, 7) is 3.63. The highest BCUT2D eigenvalue weighted by atomic mass is 16.2. The van der Waals surface area contributed by atoms with Gasteiger partial charge in [0.15, 0.2) is 5.82 Å². The molecule has 6 nitrogen and oxygen atoms in total. The highest BCUT2D eigenvalue weighted by Crippen LogP contribution is 2.05. The third-order valence-corrected chi connectivity index (χ3v) is 1.98. The van der Waals surface area contributed by atoms with Crippen LogP contribution in [0.25, 0.3) is 0 Å². The number of tetrazole rings is 1. The minimum Gasteiger partial charge on any atom is -0.306 e. The lowest BCUT2D eigenvalue weighted by Gasteiger charge is -2.04. The smallest absolute Gasteiger partial charge is 0.306 e. The maximum Gasteiger partial charge on any atom is 0.349 e. The fourth-order valence-electron chi connectivity index (χ4n) is 1.22. The molecule has 6 heteroatoms. The van der Waals surface area contributed by atoms with E-state index in [1.807, 2.05) is 18.2 Å². The summed E-state index contributed by atoms with van der Waals surface area (Å²) in [6.07, 6.45) is 0.356. The summed E-state index contributed by atoms with van der Waals surface area (Å²) in [5, 5.41) is 13.4. The Bertz CT molecular complexity index is 479. The van der Waals surface area contributed by atoms with Crippen LogP contribution in [-0.4, -0.2) is 26.2 Å². The normalized spacial score (nSPS) is 10.1. The molecule has 0 bridgehead atoms. The number of nitrogens with zero attached hydrogens (tertiary/aromatic N) is 4. The molecule has 0 aliphatic carbocycles. The van der Waals surface area contributed by atoms with Crippen molar-refractivity contribution in [1.29, 1.82) is 0 Å². The number of hydrogen-bond donors (Lipinski definition) is 1. The lowest BCUT2D eigenvalue weighted by atomic mass is 10.3. The Labute approximate surface area is 92.3 Å². The summed E-state index contributed by atoms with van der Waals surface area (Å²) in [5.41, 5.74) is 0.693. The lowest BCUT2D eigenvalue weighted by molar-refractivity contribution is 0.250. The molecular formula is C10H10N5O. The monoisotopic (exact) mass is 216 g/mol. The zero-order chi connectivity index (χ0) is 11.4. The highest BCUT2D eigenvalue weighted by molar-refractivity contribution is 5.90. The number of carbonyl (C=O) groups is 1. The van der Waals surface area contributed by atoms with Crippen LogP contribution in [0.2, 0.25) is 0 Å². The third-order valence-electron chi connectivity index (χ3n) is 1.98. The van der Waals surface area contributed by atoms with E-state index < -0.39 is 6.03 Å². The van der Waals surface area contributed by atoms with Crippen LogP contribution in [0.3, 0.4) is 0 Å². The molecule has 16 heavy (non-hydrogen) atoms. The summed E-state index contributed by atoms with van der Waals surface area (Å²) < 4.78 is 1.10. The number of benzene rings is 1. The molecule has 0 saturated heterocycles. The molecule has 1 amide bonds. The highest BCUT2D eigenvalue weighted by Gasteiger charge is 2.11. The van der Waals surface area contributed by atoms with E-state index in [0.717, 1.165) is 4.68 Å². The molecule has 0 aliphatic heterocycles. The Morgan fingerprint density at radius 3 is 2.81 bits per heavy atom. The summed E-state index contributed by atoms with van der Waals surface area (Å²) in [6, 6.07) is 8.70. The van der Waals surface area contributed by atoms with Gasteiger partial charge in [0.1, 0.15) is 0 Å². The molecule has 2 rings (SSSR count). The quantitative estimate of drug-likeness (QED) is 0.764. The second-order valence-electron chi connectivity index (χ2n) is 3.05. The number of aromatic nitrogens is 4. The van der Waals surface area contributed by atoms with Crippen molar-refractivity contribution in [3.05, 3.63) is 43.1 Å². The van der Waals surface area contributed by atoms with Gasteiger partial charge in [-0.25, -0.2) is 4.79 Å². The van der Waals surface area contributed by atoms with E-state index >= 15 is 0 Å². The molecule has 0 fully saturated rings. The molecule has 81 valence electrons. The van der Waals surface area contributed by atoms with Crippen LogP contribution in [-0.2, 0) is 6.42 Å². The van der Waals surface area contributed by atoms with Crippen molar-refractivity contribution in [2.75, 3.05) is 5.32 Å². The van der Waals surface area contributed by atoms with E-state index in [1.165, 1.54) is 0 Å². The molecule has 1 aromatic carbocycles. The molecule has 1 heterocycles. The fraction of sp³-hybridized carbons (Fsp3) is 0.100. The van der Waals surface area contributed by atoms with Gasteiger partial charge < -0.3 is 5.32 Å². The van der Waals surface area contributed by atoms with Gasteiger partial charge in [-0.2, -0.15) is 0 Å². The van der Waals surface area contributed by atoms with Crippen molar-refractivity contribution in [2.45, 2.75) is 6.42 Å². The number of anilines is 1. The van der Waals surface area contributed by atoms with Crippen molar-refractivity contribution in [3.63, 3.8) is 0 Å². The molecular weight excluding hydrogens is 206 g/mol. The van der Waals surface area contributed by atoms with E-state index in [4.69, 9.17) is 0 Å². The molecule has 0 unspecified atom stereocenters. The van der Waals surface area contributed by atoms with Gasteiger partial charge in [0.25, 0.3) is 0 Å². The van der Waals surface area contributed by atoms with Gasteiger partial charge in [-0.05, 0) is 29.5 Å². The predicted octanol–water partition coefficient (Wildman–Crippen LogP) is 1.13. The zero-order valence-corrected chi connectivity index (χ0v) is 8.50. The first-order valence-electron chi connectivity index (χ1n) is 4.74. The van der Waals surface area contributed by atoms with Crippen LogP contribution in [0.15, 0.2) is 30.3 Å². The SMILES string of the molecule is [CH2]Cc1nnnn1C(=O)Nc1ccccc1. The number of nitrogens with one attached hydrogen (secondary N) is 1. The number of amides is 1. The van der Waals surface area contributed by atoms with Crippen LogP contribution >= 0.6 is 0 Å². The topological polar surface area (TPSA) is 72.7 Å². The molecule has 1 radical (unpaired) electrons. The number of para-hydroxylation sites is 1. The van der Waals surface area contributed by atoms with Gasteiger partial charge in [0.2, 0.25) is 0 Å². The Kier molecular flexibility index (Phi) is 2.90. The van der Waals surface area contributed by atoms with E-state index in [9.17, 15) is 4.79 Å². The van der Waals surface area contributed by atoms with Crippen molar-refractivity contribution < 1.29 is 4.79 Å². The molecule has 1 N–H and O–H groups in total. The average molecular weight is 216 g/mol. The summed E-state index contributed by atoms with van der Waals surface area (Å²) in [5.74, 6) is 0.424. The average Bonchev–Trinajstić information content (AvgIpc) is 2.78. The van der Waals surface area contributed by atoms with Gasteiger partial charge in [0, 0.05) is 12.1 Å². The van der Waals surface area contributed by atoms with Crippen LogP contribution in [0.5, 0.6) is 0 Å². The van der Waals surface area contributed by atoms with Crippen LogP contribution < -0.4 is 5.32 Å². The molecule has 0 saturated carbocycles.